The number of likely N-dealkylation sites (tertiary alicyclic amines) is 1. The van der Waals surface area contributed by atoms with Crippen molar-refractivity contribution in [2.75, 3.05) is 18.8 Å². The molecule has 5 heteroatoms. The number of nitrogen functional groups attached to an aromatic ring is 1. The molecule has 0 aliphatic carbocycles. The van der Waals surface area contributed by atoms with Crippen LogP contribution in [0.1, 0.15) is 24.8 Å². The highest BCUT2D eigenvalue weighted by atomic mass is 32.1. The molecule has 1 atom stereocenters. The highest BCUT2D eigenvalue weighted by Crippen LogP contribution is 2.22. The first kappa shape index (κ1) is 9.86. The summed E-state index contributed by atoms with van der Waals surface area (Å²) in [5, 5.41) is 9.47. The zero-order valence-electron chi connectivity index (χ0n) is 8.44. The number of nitrogens with two attached hydrogens (primary N) is 1. The lowest BCUT2D eigenvalue weighted by Crippen LogP contribution is -2.19. The van der Waals surface area contributed by atoms with Crippen molar-refractivity contribution >= 4 is 16.5 Å². The quantitative estimate of drug-likeness (QED) is 0.821. The minimum atomic E-state index is 0.575. The second-order valence-corrected chi connectivity index (χ2v) is 4.93. The Morgan fingerprint density at radius 2 is 2.43 bits per heavy atom. The first-order chi connectivity index (χ1) is 6.78. The van der Waals surface area contributed by atoms with Gasteiger partial charge >= 0.3 is 0 Å². The molecule has 0 bridgehead atoms. The highest BCUT2D eigenvalue weighted by molar-refractivity contribution is 7.15. The van der Waals surface area contributed by atoms with Crippen LogP contribution in [0, 0.1) is 5.92 Å². The summed E-state index contributed by atoms with van der Waals surface area (Å²) in [5.41, 5.74) is 5.53. The number of hydrogen-bond donors (Lipinski definition) is 1. The van der Waals surface area contributed by atoms with E-state index in [2.05, 4.69) is 22.0 Å². The molecular weight excluding hydrogens is 196 g/mol. The van der Waals surface area contributed by atoms with E-state index < -0.39 is 0 Å². The molecule has 78 valence electrons. The standard InChI is InChI=1S/C9H16N4S/c1-2-7-3-4-13(5-7)6-8-11-12-9(10)14-8/h7H,2-6H2,1H3,(H2,10,12). The maximum Gasteiger partial charge on any atom is 0.203 e. The Labute approximate surface area is 88.1 Å². The fourth-order valence-corrected chi connectivity index (χ4v) is 2.56. The summed E-state index contributed by atoms with van der Waals surface area (Å²) in [5.74, 6) is 0.875. The van der Waals surface area contributed by atoms with Crippen LogP contribution >= 0.6 is 11.3 Å². The Morgan fingerprint density at radius 1 is 1.57 bits per heavy atom. The number of nitrogens with zero attached hydrogens (tertiary/aromatic N) is 3. The van der Waals surface area contributed by atoms with Gasteiger partial charge in [-0.1, -0.05) is 24.7 Å². The highest BCUT2D eigenvalue weighted by Gasteiger charge is 2.21. The summed E-state index contributed by atoms with van der Waals surface area (Å²) in [6.07, 6.45) is 2.61. The van der Waals surface area contributed by atoms with Gasteiger partial charge in [-0.15, -0.1) is 10.2 Å². The van der Waals surface area contributed by atoms with Crippen LogP contribution in [0.25, 0.3) is 0 Å². The lowest BCUT2D eigenvalue weighted by Gasteiger charge is -2.12. The fraction of sp³-hybridized carbons (Fsp3) is 0.778. The van der Waals surface area contributed by atoms with Crippen molar-refractivity contribution in [3.05, 3.63) is 5.01 Å². The van der Waals surface area contributed by atoms with Crippen molar-refractivity contribution in [2.24, 2.45) is 5.92 Å². The van der Waals surface area contributed by atoms with Crippen LogP contribution in [0.5, 0.6) is 0 Å². The third kappa shape index (κ3) is 2.22. The van der Waals surface area contributed by atoms with Gasteiger partial charge in [0.25, 0.3) is 0 Å². The van der Waals surface area contributed by atoms with Gasteiger partial charge in [-0.25, -0.2) is 0 Å². The SMILES string of the molecule is CCC1CCN(Cc2nnc(N)s2)C1. The van der Waals surface area contributed by atoms with Gasteiger partial charge in [-0.2, -0.15) is 0 Å². The number of aromatic nitrogens is 2. The molecule has 0 spiro atoms. The minimum absolute atomic E-state index is 0.575. The molecule has 1 fully saturated rings. The molecule has 2 N–H and O–H groups in total. The zero-order valence-corrected chi connectivity index (χ0v) is 9.26. The molecule has 2 heterocycles. The average molecular weight is 212 g/mol. The second kappa shape index (κ2) is 4.23. The molecule has 1 aromatic heterocycles. The van der Waals surface area contributed by atoms with Gasteiger partial charge in [0.1, 0.15) is 5.01 Å². The van der Waals surface area contributed by atoms with E-state index in [0.717, 1.165) is 17.5 Å². The van der Waals surface area contributed by atoms with Crippen molar-refractivity contribution in [1.29, 1.82) is 0 Å². The van der Waals surface area contributed by atoms with E-state index in [9.17, 15) is 0 Å². The van der Waals surface area contributed by atoms with Crippen LogP contribution in [0.2, 0.25) is 0 Å². The van der Waals surface area contributed by atoms with Crippen LogP contribution in [0.15, 0.2) is 0 Å². The van der Waals surface area contributed by atoms with Crippen LogP contribution in [-0.2, 0) is 6.54 Å². The molecule has 1 aliphatic rings. The predicted molar refractivity (Wildman–Crippen MR) is 58.0 cm³/mol. The van der Waals surface area contributed by atoms with Crippen LogP contribution in [-0.4, -0.2) is 28.2 Å². The van der Waals surface area contributed by atoms with Crippen LogP contribution < -0.4 is 5.73 Å². The van der Waals surface area contributed by atoms with Gasteiger partial charge in [0.2, 0.25) is 5.13 Å². The summed E-state index contributed by atoms with van der Waals surface area (Å²) >= 11 is 1.50. The number of hydrogen-bond acceptors (Lipinski definition) is 5. The largest absolute Gasteiger partial charge is 0.374 e. The molecule has 2 rings (SSSR count). The van der Waals surface area contributed by atoms with Gasteiger partial charge in [-0.05, 0) is 18.9 Å². The molecule has 1 saturated heterocycles. The fourth-order valence-electron chi connectivity index (χ4n) is 1.91. The topological polar surface area (TPSA) is 55.0 Å². The summed E-state index contributed by atoms with van der Waals surface area (Å²) in [4.78, 5) is 2.44. The van der Waals surface area contributed by atoms with E-state index in [1.807, 2.05) is 0 Å². The molecule has 14 heavy (non-hydrogen) atoms. The molecular formula is C9H16N4S. The van der Waals surface area contributed by atoms with Gasteiger partial charge in [-0.3, -0.25) is 4.90 Å². The Kier molecular flexibility index (Phi) is 2.98. The lowest BCUT2D eigenvalue weighted by atomic mass is 10.1. The van der Waals surface area contributed by atoms with E-state index >= 15 is 0 Å². The van der Waals surface area contributed by atoms with E-state index in [1.165, 1.54) is 37.3 Å². The molecule has 4 nitrogen and oxygen atoms in total. The minimum Gasteiger partial charge on any atom is -0.374 e. The Morgan fingerprint density at radius 3 is 3.00 bits per heavy atom. The van der Waals surface area contributed by atoms with Gasteiger partial charge < -0.3 is 5.73 Å². The number of anilines is 1. The summed E-state index contributed by atoms with van der Waals surface area (Å²) in [7, 11) is 0. The van der Waals surface area contributed by atoms with Crippen molar-refractivity contribution < 1.29 is 0 Å². The molecule has 0 saturated carbocycles. The molecule has 0 amide bonds. The summed E-state index contributed by atoms with van der Waals surface area (Å²) < 4.78 is 0. The lowest BCUT2D eigenvalue weighted by molar-refractivity contribution is 0.314. The van der Waals surface area contributed by atoms with Gasteiger partial charge in [0, 0.05) is 6.54 Å². The van der Waals surface area contributed by atoms with E-state index in [4.69, 9.17) is 5.73 Å². The average Bonchev–Trinajstić information content (AvgIpc) is 2.76. The van der Waals surface area contributed by atoms with Crippen molar-refractivity contribution in [3.63, 3.8) is 0 Å². The van der Waals surface area contributed by atoms with E-state index in [-0.39, 0.29) is 0 Å². The number of rotatable bonds is 3. The smallest absolute Gasteiger partial charge is 0.203 e. The first-order valence-corrected chi connectivity index (χ1v) is 5.89. The van der Waals surface area contributed by atoms with Crippen LogP contribution in [0.3, 0.4) is 0 Å². The molecule has 0 radical (unpaired) electrons. The maximum atomic E-state index is 5.53. The molecule has 1 aromatic rings. The first-order valence-electron chi connectivity index (χ1n) is 5.08. The summed E-state index contributed by atoms with van der Waals surface area (Å²) in [6.45, 7) is 5.58. The van der Waals surface area contributed by atoms with Crippen LogP contribution in [0.4, 0.5) is 5.13 Å². The monoisotopic (exact) mass is 212 g/mol. The summed E-state index contributed by atoms with van der Waals surface area (Å²) in [6, 6.07) is 0. The van der Waals surface area contributed by atoms with Crippen molar-refractivity contribution in [1.82, 2.24) is 15.1 Å². The van der Waals surface area contributed by atoms with E-state index in [0.29, 0.717) is 5.13 Å². The Hall–Kier alpha value is -0.680. The van der Waals surface area contributed by atoms with Gasteiger partial charge in [0.15, 0.2) is 0 Å². The zero-order chi connectivity index (χ0) is 9.97. The normalized spacial score (nSPS) is 23.1. The molecule has 1 unspecified atom stereocenters. The molecule has 0 aromatic carbocycles. The third-order valence-electron chi connectivity index (χ3n) is 2.79. The molecule has 1 aliphatic heterocycles. The predicted octanol–water partition coefficient (Wildman–Crippen LogP) is 1.35. The van der Waals surface area contributed by atoms with Crippen molar-refractivity contribution in [2.45, 2.75) is 26.3 Å². The van der Waals surface area contributed by atoms with Gasteiger partial charge in [0.05, 0.1) is 6.54 Å². The Balaban J connectivity index is 1.87. The maximum absolute atomic E-state index is 5.53. The van der Waals surface area contributed by atoms with E-state index in [1.54, 1.807) is 0 Å². The Bertz CT molecular complexity index is 299. The second-order valence-electron chi connectivity index (χ2n) is 3.83. The van der Waals surface area contributed by atoms with Crippen molar-refractivity contribution in [3.8, 4) is 0 Å². The third-order valence-corrected chi connectivity index (χ3v) is 3.53.